The molecule has 1 aromatic rings. The molecule has 0 aliphatic rings. The van der Waals surface area contributed by atoms with Gasteiger partial charge >= 0.3 is 5.97 Å². The van der Waals surface area contributed by atoms with Crippen LogP contribution >= 0.6 is 11.6 Å². The van der Waals surface area contributed by atoms with Crippen LogP contribution in [0.15, 0.2) is 23.1 Å². The molecule has 6 nitrogen and oxygen atoms in total. The SMILES string of the molecule is CC(CCCO)NS(=O)(=O)c1ccc(C(=O)O)c(Cl)c1. The topological polar surface area (TPSA) is 104 Å². The van der Waals surface area contributed by atoms with E-state index in [1.54, 1.807) is 6.92 Å². The van der Waals surface area contributed by atoms with E-state index < -0.39 is 16.0 Å². The minimum absolute atomic E-state index is 0.00873. The van der Waals surface area contributed by atoms with E-state index >= 15 is 0 Å². The molecule has 0 aromatic heterocycles. The number of aliphatic hydroxyl groups excluding tert-OH is 1. The van der Waals surface area contributed by atoms with Crippen molar-refractivity contribution in [1.82, 2.24) is 4.72 Å². The molecule has 0 bridgehead atoms. The molecule has 0 aliphatic carbocycles. The molecule has 0 spiro atoms. The predicted molar refractivity (Wildman–Crippen MR) is 74.5 cm³/mol. The second kappa shape index (κ2) is 7.03. The van der Waals surface area contributed by atoms with Crippen LogP contribution in [0, 0.1) is 0 Å². The second-order valence-electron chi connectivity index (χ2n) is 4.33. The molecule has 0 fully saturated rings. The van der Waals surface area contributed by atoms with Crippen LogP contribution in [-0.2, 0) is 10.0 Å². The first-order valence-electron chi connectivity index (χ1n) is 5.94. The van der Waals surface area contributed by atoms with Gasteiger partial charge in [0.2, 0.25) is 10.0 Å². The van der Waals surface area contributed by atoms with E-state index in [0.717, 1.165) is 12.1 Å². The van der Waals surface area contributed by atoms with E-state index in [1.165, 1.54) is 6.07 Å². The fraction of sp³-hybridized carbons (Fsp3) is 0.417. The zero-order valence-corrected chi connectivity index (χ0v) is 12.4. The average molecular weight is 322 g/mol. The number of carboxylic acid groups (broad SMARTS) is 1. The maximum absolute atomic E-state index is 12.1. The van der Waals surface area contributed by atoms with Crippen LogP contribution in [0.25, 0.3) is 0 Å². The molecule has 112 valence electrons. The Morgan fingerprint density at radius 1 is 1.45 bits per heavy atom. The standard InChI is InChI=1S/C12H16ClNO5S/c1-8(3-2-6-15)14-20(18,19)9-4-5-10(12(16)17)11(13)7-9/h4-5,7-8,14-15H,2-3,6H2,1H3,(H,16,17). The van der Waals surface area contributed by atoms with Gasteiger partial charge in [0, 0.05) is 12.6 Å². The van der Waals surface area contributed by atoms with Crippen molar-refractivity contribution < 1.29 is 23.4 Å². The molecule has 0 aliphatic heterocycles. The number of rotatable bonds is 7. The Bertz CT molecular complexity index is 588. The Balaban J connectivity index is 2.93. The Hall–Kier alpha value is -1.15. The average Bonchev–Trinajstić information content (AvgIpc) is 2.35. The molecule has 1 rings (SSSR count). The van der Waals surface area contributed by atoms with Crippen LogP contribution in [0.5, 0.6) is 0 Å². The lowest BCUT2D eigenvalue weighted by atomic mass is 10.2. The van der Waals surface area contributed by atoms with Crippen molar-refractivity contribution >= 4 is 27.6 Å². The quantitative estimate of drug-likeness (QED) is 0.705. The maximum Gasteiger partial charge on any atom is 0.337 e. The molecular formula is C12H16ClNO5S. The van der Waals surface area contributed by atoms with E-state index in [-0.39, 0.29) is 28.1 Å². The molecule has 0 heterocycles. The first-order chi connectivity index (χ1) is 9.27. The number of aromatic carboxylic acids is 1. The van der Waals surface area contributed by atoms with Crippen LogP contribution in [0.2, 0.25) is 5.02 Å². The molecule has 1 aromatic carbocycles. The highest BCUT2D eigenvalue weighted by Crippen LogP contribution is 2.21. The number of aliphatic hydroxyl groups is 1. The number of hydrogen-bond acceptors (Lipinski definition) is 4. The summed E-state index contributed by atoms with van der Waals surface area (Å²) >= 11 is 5.74. The van der Waals surface area contributed by atoms with Gasteiger partial charge in [-0.15, -0.1) is 0 Å². The fourth-order valence-electron chi connectivity index (χ4n) is 1.63. The van der Waals surface area contributed by atoms with Gasteiger partial charge in [0.15, 0.2) is 0 Å². The highest BCUT2D eigenvalue weighted by molar-refractivity contribution is 7.89. The molecular weight excluding hydrogens is 306 g/mol. The zero-order chi connectivity index (χ0) is 15.3. The molecule has 0 radical (unpaired) electrons. The summed E-state index contributed by atoms with van der Waals surface area (Å²) in [5.41, 5.74) is -0.154. The highest BCUT2D eigenvalue weighted by Gasteiger charge is 2.19. The van der Waals surface area contributed by atoms with Crippen molar-refractivity contribution in [3.8, 4) is 0 Å². The predicted octanol–water partition coefficient (Wildman–Crippen LogP) is 1.48. The first-order valence-corrected chi connectivity index (χ1v) is 7.80. The number of hydrogen-bond donors (Lipinski definition) is 3. The van der Waals surface area contributed by atoms with Gasteiger partial charge in [-0.05, 0) is 38.0 Å². The number of benzene rings is 1. The van der Waals surface area contributed by atoms with E-state index in [1.807, 2.05) is 0 Å². The summed E-state index contributed by atoms with van der Waals surface area (Å²) in [6, 6.07) is 3.10. The third kappa shape index (κ3) is 4.45. The van der Waals surface area contributed by atoms with E-state index in [0.29, 0.717) is 12.8 Å². The first kappa shape index (κ1) is 16.9. The summed E-state index contributed by atoms with van der Waals surface area (Å²) in [7, 11) is -3.76. The minimum atomic E-state index is -3.76. The molecule has 0 saturated heterocycles. The molecule has 20 heavy (non-hydrogen) atoms. The largest absolute Gasteiger partial charge is 0.478 e. The normalized spacial score (nSPS) is 13.2. The molecule has 0 amide bonds. The van der Waals surface area contributed by atoms with Gasteiger partial charge in [-0.3, -0.25) is 0 Å². The summed E-state index contributed by atoms with van der Waals surface area (Å²) in [5, 5.41) is 17.4. The van der Waals surface area contributed by atoms with Crippen molar-refractivity contribution in [3.63, 3.8) is 0 Å². The van der Waals surface area contributed by atoms with E-state index in [9.17, 15) is 13.2 Å². The number of nitrogens with one attached hydrogen (secondary N) is 1. The van der Waals surface area contributed by atoms with Crippen LogP contribution in [0.3, 0.4) is 0 Å². The lowest BCUT2D eigenvalue weighted by Gasteiger charge is -2.14. The molecule has 0 saturated carbocycles. The highest BCUT2D eigenvalue weighted by atomic mass is 35.5. The van der Waals surface area contributed by atoms with Gasteiger partial charge in [0.1, 0.15) is 0 Å². The summed E-state index contributed by atoms with van der Waals surface area (Å²) in [6.07, 6.45) is 0.985. The second-order valence-corrected chi connectivity index (χ2v) is 6.46. The Labute approximate surface area is 122 Å². The van der Waals surface area contributed by atoms with Crippen molar-refractivity contribution in [2.24, 2.45) is 0 Å². The van der Waals surface area contributed by atoms with Crippen molar-refractivity contribution in [2.75, 3.05) is 6.61 Å². The van der Waals surface area contributed by atoms with Crippen molar-refractivity contribution in [2.45, 2.75) is 30.7 Å². The van der Waals surface area contributed by atoms with Gasteiger partial charge in [-0.1, -0.05) is 11.6 Å². The summed E-state index contributed by atoms with van der Waals surface area (Å²) in [6.45, 7) is 1.67. The molecule has 1 atom stereocenters. The fourth-order valence-corrected chi connectivity index (χ4v) is 3.26. The number of sulfonamides is 1. The Kier molecular flexibility index (Phi) is 5.94. The van der Waals surface area contributed by atoms with E-state index in [2.05, 4.69) is 4.72 Å². The lowest BCUT2D eigenvalue weighted by molar-refractivity contribution is 0.0697. The van der Waals surface area contributed by atoms with Gasteiger partial charge in [-0.2, -0.15) is 0 Å². The smallest absolute Gasteiger partial charge is 0.337 e. The number of carboxylic acids is 1. The lowest BCUT2D eigenvalue weighted by Crippen LogP contribution is -2.32. The summed E-state index contributed by atoms with van der Waals surface area (Å²) < 4.78 is 26.6. The Morgan fingerprint density at radius 3 is 2.60 bits per heavy atom. The van der Waals surface area contributed by atoms with Gasteiger partial charge in [-0.25, -0.2) is 17.9 Å². The number of carbonyl (C=O) groups is 1. The molecule has 3 N–H and O–H groups in total. The number of halogens is 1. The van der Waals surface area contributed by atoms with Gasteiger partial charge < -0.3 is 10.2 Å². The van der Waals surface area contributed by atoms with Crippen LogP contribution in [-0.4, -0.2) is 37.2 Å². The third-order valence-electron chi connectivity index (χ3n) is 2.63. The van der Waals surface area contributed by atoms with E-state index in [4.69, 9.17) is 21.8 Å². The maximum atomic E-state index is 12.1. The van der Waals surface area contributed by atoms with Crippen molar-refractivity contribution in [3.05, 3.63) is 28.8 Å². The van der Waals surface area contributed by atoms with Crippen LogP contribution < -0.4 is 4.72 Å². The van der Waals surface area contributed by atoms with Gasteiger partial charge in [0.05, 0.1) is 15.5 Å². The third-order valence-corrected chi connectivity index (χ3v) is 4.53. The van der Waals surface area contributed by atoms with Gasteiger partial charge in [0.25, 0.3) is 0 Å². The molecule has 8 heteroatoms. The summed E-state index contributed by atoms with van der Waals surface area (Å²) in [4.78, 5) is 10.7. The monoisotopic (exact) mass is 321 g/mol. The van der Waals surface area contributed by atoms with Crippen LogP contribution in [0.1, 0.15) is 30.1 Å². The van der Waals surface area contributed by atoms with Crippen LogP contribution in [0.4, 0.5) is 0 Å². The minimum Gasteiger partial charge on any atom is -0.478 e. The van der Waals surface area contributed by atoms with Crippen molar-refractivity contribution in [1.29, 1.82) is 0 Å². The zero-order valence-electron chi connectivity index (χ0n) is 10.8. The summed E-state index contributed by atoms with van der Waals surface area (Å²) in [5.74, 6) is -1.22. The Morgan fingerprint density at radius 2 is 2.10 bits per heavy atom. The molecule has 1 unspecified atom stereocenters.